The van der Waals surface area contributed by atoms with E-state index in [-0.39, 0.29) is 16.8 Å². The topological polar surface area (TPSA) is 41.6 Å². The molecule has 2 aromatic carbocycles. The molecule has 23 heavy (non-hydrogen) atoms. The summed E-state index contributed by atoms with van der Waals surface area (Å²) in [5.74, 6) is -0.0369. The molecule has 4 nitrogen and oxygen atoms in total. The average Bonchev–Trinajstić information content (AvgIpc) is 2.81. The van der Waals surface area contributed by atoms with Gasteiger partial charge in [-0.2, -0.15) is 0 Å². The Kier molecular flexibility index (Phi) is 4.08. The number of nitrogens with zero attached hydrogens (tertiary/aromatic N) is 1. The van der Waals surface area contributed by atoms with Crippen LogP contribution in [0.2, 0.25) is 0 Å². The molecule has 1 aliphatic rings. The van der Waals surface area contributed by atoms with E-state index < -0.39 is 0 Å². The Morgan fingerprint density at radius 2 is 2.00 bits per heavy atom. The molecular weight excluding hydrogens is 315 g/mol. The number of benzene rings is 2. The number of hydrogen-bond acceptors (Lipinski definition) is 3. The molecule has 6 heteroatoms. The minimum atomic E-state index is -0.364. The van der Waals surface area contributed by atoms with Gasteiger partial charge in [-0.3, -0.25) is 9.69 Å². The second-order valence-electron chi connectivity index (χ2n) is 4.89. The zero-order valence-electron chi connectivity index (χ0n) is 12.2. The first-order chi connectivity index (χ1) is 11.1. The fraction of sp³-hybridized carbons (Fsp3) is 0.0588. The van der Waals surface area contributed by atoms with Gasteiger partial charge in [-0.1, -0.05) is 18.2 Å². The lowest BCUT2D eigenvalue weighted by Gasteiger charge is -2.14. The number of amides is 1. The van der Waals surface area contributed by atoms with Crippen molar-refractivity contribution in [1.82, 2.24) is 5.32 Å². The van der Waals surface area contributed by atoms with E-state index in [1.807, 2.05) is 0 Å². The maximum Gasteiger partial charge on any atom is 0.281 e. The van der Waals surface area contributed by atoms with Crippen molar-refractivity contribution in [3.63, 3.8) is 0 Å². The first-order valence-electron chi connectivity index (χ1n) is 6.85. The van der Waals surface area contributed by atoms with Crippen LogP contribution in [-0.4, -0.2) is 18.1 Å². The van der Waals surface area contributed by atoms with Gasteiger partial charge in [0.1, 0.15) is 17.3 Å². The van der Waals surface area contributed by atoms with E-state index in [0.29, 0.717) is 22.7 Å². The molecule has 2 aromatic rings. The Hall–Kier alpha value is -2.73. The van der Waals surface area contributed by atoms with E-state index in [2.05, 4.69) is 5.32 Å². The van der Waals surface area contributed by atoms with Crippen LogP contribution in [0.5, 0.6) is 5.75 Å². The van der Waals surface area contributed by atoms with Gasteiger partial charge in [0.05, 0.1) is 12.8 Å². The number of nitrogens with one attached hydrogen (secondary N) is 1. The number of ether oxygens (including phenoxy) is 1. The van der Waals surface area contributed by atoms with Crippen molar-refractivity contribution in [3.8, 4) is 5.75 Å². The van der Waals surface area contributed by atoms with E-state index in [9.17, 15) is 9.18 Å². The largest absolute Gasteiger partial charge is 0.497 e. The molecule has 1 amide bonds. The molecule has 0 radical (unpaired) electrons. The normalized spacial score (nSPS) is 15.9. The summed E-state index contributed by atoms with van der Waals surface area (Å²) in [4.78, 5) is 14.0. The van der Waals surface area contributed by atoms with E-state index in [1.165, 1.54) is 17.0 Å². The maximum atomic E-state index is 13.3. The van der Waals surface area contributed by atoms with Crippen molar-refractivity contribution in [3.05, 3.63) is 65.6 Å². The van der Waals surface area contributed by atoms with Crippen LogP contribution in [0.3, 0.4) is 0 Å². The highest BCUT2D eigenvalue weighted by molar-refractivity contribution is 7.80. The molecule has 0 aliphatic carbocycles. The molecule has 0 atom stereocenters. The lowest BCUT2D eigenvalue weighted by molar-refractivity contribution is -0.113. The van der Waals surface area contributed by atoms with Crippen LogP contribution in [0.4, 0.5) is 10.1 Å². The number of methoxy groups -OCH3 is 1. The fourth-order valence-electron chi connectivity index (χ4n) is 2.28. The molecule has 1 heterocycles. The van der Waals surface area contributed by atoms with Crippen LogP contribution >= 0.6 is 12.2 Å². The first kappa shape index (κ1) is 15.2. The fourth-order valence-corrected chi connectivity index (χ4v) is 2.58. The monoisotopic (exact) mass is 328 g/mol. The van der Waals surface area contributed by atoms with Crippen LogP contribution < -0.4 is 15.0 Å². The Bertz CT molecular complexity index is 820. The lowest BCUT2D eigenvalue weighted by Crippen LogP contribution is -2.30. The Morgan fingerprint density at radius 3 is 2.74 bits per heavy atom. The van der Waals surface area contributed by atoms with Gasteiger partial charge in [-0.25, -0.2) is 4.39 Å². The van der Waals surface area contributed by atoms with Crippen molar-refractivity contribution in [1.29, 1.82) is 0 Å². The highest BCUT2D eigenvalue weighted by atomic mass is 32.1. The molecule has 0 bridgehead atoms. The smallest absolute Gasteiger partial charge is 0.281 e. The summed E-state index contributed by atoms with van der Waals surface area (Å²) < 4.78 is 18.4. The van der Waals surface area contributed by atoms with Crippen LogP contribution in [0.1, 0.15) is 5.56 Å². The van der Waals surface area contributed by atoms with Crippen molar-refractivity contribution in [2.75, 3.05) is 12.0 Å². The summed E-state index contributed by atoms with van der Waals surface area (Å²) in [6, 6.07) is 13.0. The van der Waals surface area contributed by atoms with Crippen molar-refractivity contribution in [2.24, 2.45) is 0 Å². The molecule has 116 valence electrons. The summed E-state index contributed by atoms with van der Waals surface area (Å²) in [6.07, 6.45) is 1.57. The Labute approximate surface area is 138 Å². The van der Waals surface area contributed by atoms with Gasteiger partial charge in [0.15, 0.2) is 5.11 Å². The number of carbonyl (C=O) groups is 1. The van der Waals surface area contributed by atoms with Crippen LogP contribution in [0.15, 0.2) is 54.2 Å². The molecule has 0 spiro atoms. The molecule has 1 N–H and O–H groups in total. The second-order valence-corrected chi connectivity index (χ2v) is 5.27. The van der Waals surface area contributed by atoms with Gasteiger partial charge in [0.2, 0.25) is 0 Å². The van der Waals surface area contributed by atoms with Crippen molar-refractivity contribution in [2.45, 2.75) is 0 Å². The third kappa shape index (κ3) is 3.07. The predicted octanol–water partition coefficient (Wildman–Crippen LogP) is 3.10. The Morgan fingerprint density at radius 1 is 1.22 bits per heavy atom. The zero-order valence-corrected chi connectivity index (χ0v) is 13.1. The van der Waals surface area contributed by atoms with Gasteiger partial charge < -0.3 is 10.1 Å². The SMILES string of the molecule is COc1cccc(N2C(=O)C(=Cc3cccc(F)c3)NC2=S)c1. The highest BCUT2D eigenvalue weighted by Crippen LogP contribution is 2.26. The summed E-state index contributed by atoms with van der Waals surface area (Å²) in [5, 5.41) is 3.13. The summed E-state index contributed by atoms with van der Waals surface area (Å²) in [5.41, 5.74) is 1.48. The van der Waals surface area contributed by atoms with E-state index in [0.717, 1.165) is 0 Å². The molecule has 1 fully saturated rings. The maximum absolute atomic E-state index is 13.3. The summed E-state index contributed by atoms with van der Waals surface area (Å²) in [6.45, 7) is 0. The number of anilines is 1. The van der Waals surface area contributed by atoms with Crippen LogP contribution in [-0.2, 0) is 4.79 Å². The van der Waals surface area contributed by atoms with E-state index >= 15 is 0 Å². The number of halogens is 1. The van der Waals surface area contributed by atoms with Crippen LogP contribution in [0.25, 0.3) is 6.08 Å². The van der Waals surface area contributed by atoms with Crippen LogP contribution in [0, 0.1) is 5.82 Å². The van der Waals surface area contributed by atoms with Crippen molar-refractivity contribution < 1.29 is 13.9 Å². The molecule has 1 saturated heterocycles. The van der Waals surface area contributed by atoms with E-state index in [4.69, 9.17) is 17.0 Å². The van der Waals surface area contributed by atoms with E-state index in [1.54, 1.807) is 49.6 Å². The number of rotatable bonds is 3. The molecule has 1 aliphatic heterocycles. The molecule has 3 rings (SSSR count). The van der Waals surface area contributed by atoms with Gasteiger partial charge in [0.25, 0.3) is 5.91 Å². The molecule has 0 unspecified atom stereocenters. The first-order valence-corrected chi connectivity index (χ1v) is 7.26. The van der Waals surface area contributed by atoms with Gasteiger partial charge in [-0.05, 0) is 48.1 Å². The summed E-state index contributed by atoms with van der Waals surface area (Å²) in [7, 11) is 1.55. The second kappa shape index (κ2) is 6.18. The zero-order chi connectivity index (χ0) is 16.4. The third-order valence-corrected chi connectivity index (χ3v) is 3.63. The average molecular weight is 328 g/mol. The predicted molar refractivity (Wildman–Crippen MR) is 90.6 cm³/mol. The summed E-state index contributed by atoms with van der Waals surface area (Å²) >= 11 is 5.24. The number of carbonyl (C=O) groups excluding carboxylic acids is 1. The third-order valence-electron chi connectivity index (χ3n) is 3.35. The highest BCUT2D eigenvalue weighted by Gasteiger charge is 2.32. The lowest BCUT2D eigenvalue weighted by atomic mass is 10.2. The number of thiocarbonyl (C=S) groups is 1. The van der Waals surface area contributed by atoms with Gasteiger partial charge in [0, 0.05) is 6.07 Å². The van der Waals surface area contributed by atoms with Crippen molar-refractivity contribution >= 4 is 35.0 Å². The molecule has 0 aromatic heterocycles. The number of hydrogen-bond donors (Lipinski definition) is 1. The molecular formula is C17H13FN2O2S. The quantitative estimate of drug-likeness (QED) is 0.694. The standard InChI is InChI=1S/C17H13FN2O2S/c1-22-14-7-3-6-13(10-14)20-16(21)15(19-17(20)23)9-11-4-2-5-12(18)8-11/h2-10H,1H3,(H,19,23). The minimum absolute atomic E-state index is 0.269. The van der Waals surface area contributed by atoms with Gasteiger partial charge >= 0.3 is 0 Å². The molecule has 0 saturated carbocycles. The Balaban J connectivity index is 1.93. The minimum Gasteiger partial charge on any atom is -0.497 e. The van der Waals surface area contributed by atoms with Gasteiger partial charge in [-0.15, -0.1) is 0 Å².